The van der Waals surface area contributed by atoms with Gasteiger partial charge in [0.15, 0.2) is 53.6 Å². The van der Waals surface area contributed by atoms with E-state index >= 15 is 0 Å². The number of nitrogens with zero attached hydrogens (tertiary/aromatic N) is 4. The minimum Gasteiger partial charge on any atom is -0.504 e. The molecule has 3 aliphatic heterocycles. The minimum absolute atomic E-state index is 0. The molecule has 24 heteroatoms. The molecule has 0 bridgehead atoms. The van der Waals surface area contributed by atoms with Crippen molar-refractivity contribution in [2.75, 3.05) is 31.1 Å². The Balaban J connectivity index is 0.000000140. The lowest BCUT2D eigenvalue weighted by Gasteiger charge is -2.57. The van der Waals surface area contributed by atoms with Crippen molar-refractivity contribution in [3.8, 4) is 69.8 Å². The molecule has 0 atom stereocenters. The number of aldehydes is 3. The monoisotopic (exact) mass is 1400 g/mol. The van der Waals surface area contributed by atoms with Gasteiger partial charge in [-0.1, -0.05) is 60.3 Å². The van der Waals surface area contributed by atoms with Crippen LogP contribution in [0.15, 0.2) is 132 Å². The highest BCUT2D eigenvalue weighted by atomic mass is 79.9. The van der Waals surface area contributed by atoms with Crippen LogP contribution in [-0.4, -0.2) is 93.6 Å². The zero-order chi connectivity index (χ0) is 63.4. The molecule has 2 aliphatic carbocycles. The topological polar surface area (TPSA) is 184 Å². The number of hydrogen-bond donors (Lipinski definition) is 4. The molecule has 0 amide bonds. The van der Waals surface area contributed by atoms with Crippen LogP contribution in [0.3, 0.4) is 0 Å². The molecule has 2 saturated carbocycles. The summed E-state index contributed by atoms with van der Waals surface area (Å²) in [6, 6.07) is 31.1. The fourth-order valence-electron chi connectivity index (χ4n) is 10.5. The van der Waals surface area contributed by atoms with Gasteiger partial charge in [-0.05, 0) is 176 Å². The molecule has 6 heterocycles. The van der Waals surface area contributed by atoms with Gasteiger partial charge in [-0.3, -0.25) is 14.4 Å². The predicted octanol–water partition coefficient (Wildman–Crippen LogP) is 17.0. The van der Waals surface area contributed by atoms with Gasteiger partial charge in [0, 0.05) is 76.4 Å². The molecule has 468 valence electrons. The largest absolute Gasteiger partial charge is 0.504 e. The lowest BCUT2D eigenvalue weighted by atomic mass is 9.63. The molecular formula is C66H61BBrCl3F3N5O8S3. The summed E-state index contributed by atoms with van der Waals surface area (Å²) < 4.78 is 53.6. The number of carbonyl (C=O) groups excluding carboxylic acids is 3. The van der Waals surface area contributed by atoms with Gasteiger partial charge in [0.25, 0.3) is 0 Å². The van der Waals surface area contributed by atoms with E-state index in [1.54, 1.807) is 42.1 Å². The molecule has 0 radical (unpaired) electrons. The number of rotatable bonds is 10. The third kappa shape index (κ3) is 15.4. The van der Waals surface area contributed by atoms with Crippen molar-refractivity contribution in [3.05, 3.63) is 176 Å². The van der Waals surface area contributed by atoms with Crippen molar-refractivity contribution in [1.29, 1.82) is 0 Å². The Morgan fingerprint density at radius 3 is 1.30 bits per heavy atom. The quantitative estimate of drug-likeness (QED) is 0.0750. The molecule has 4 N–H and O–H groups in total. The van der Waals surface area contributed by atoms with Gasteiger partial charge < -0.3 is 34.8 Å². The Kier molecular flexibility index (Phi) is 21.6. The number of phenols is 3. The summed E-state index contributed by atoms with van der Waals surface area (Å²) in [5.74, 6) is -4.42. The zero-order valence-corrected chi connectivity index (χ0v) is 55.4. The summed E-state index contributed by atoms with van der Waals surface area (Å²) in [6.07, 6.45) is 14.9. The van der Waals surface area contributed by atoms with E-state index in [-0.39, 0.29) is 29.1 Å². The fraction of sp³-hybridized carbons (Fsp3) is 0.273. The highest BCUT2D eigenvalue weighted by Crippen LogP contribution is 2.50. The molecule has 2 spiro atoms. The molecule has 9 aromatic rings. The van der Waals surface area contributed by atoms with Crippen molar-refractivity contribution in [1.82, 2.24) is 20.3 Å². The molecule has 5 fully saturated rings. The Labute approximate surface area is 556 Å². The van der Waals surface area contributed by atoms with Gasteiger partial charge in [0.1, 0.15) is 15.0 Å². The molecule has 90 heavy (non-hydrogen) atoms. The number of anilines is 1. The average Bonchev–Trinajstić information content (AvgIpc) is 1.02. The molecule has 13 nitrogen and oxygen atoms in total. The molecule has 14 rings (SSSR count). The number of aromatic hydroxyl groups is 3. The van der Waals surface area contributed by atoms with Crippen molar-refractivity contribution >= 4 is 123 Å². The Morgan fingerprint density at radius 1 is 0.556 bits per heavy atom. The van der Waals surface area contributed by atoms with Crippen molar-refractivity contribution < 1.29 is 52.2 Å². The molecule has 0 unspecified atom stereocenters. The van der Waals surface area contributed by atoms with Crippen LogP contribution in [0.4, 0.5) is 18.9 Å². The minimum atomic E-state index is -0.866. The van der Waals surface area contributed by atoms with Gasteiger partial charge in [-0.15, -0.1) is 46.4 Å². The highest BCUT2D eigenvalue weighted by Gasteiger charge is 2.52. The smallest absolute Gasteiger partial charge is 0.494 e. The summed E-state index contributed by atoms with van der Waals surface area (Å²) in [6.45, 7) is 12.5. The van der Waals surface area contributed by atoms with Crippen LogP contribution >= 0.6 is 85.5 Å². The van der Waals surface area contributed by atoms with Crippen LogP contribution < -0.4 is 15.7 Å². The molecule has 3 saturated heterocycles. The highest BCUT2D eigenvalue weighted by molar-refractivity contribution is 9.11. The average molecular weight is 1400 g/mol. The molecule has 5 aliphatic rings. The first-order valence-electron chi connectivity index (χ1n) is 28.4. The van der Waals surface area contributed by atoms with Gasteiger partial charge in [-0.25, -0.2) is 28.1 Å². The van der Waals surface area contributed by atoms with Crippen molar-refractivity contribution in [2.24, 2.45) is 10.8 Å². The summed E-state index contributed by atoms with van der Waals surface area (Å²) in [5, 5.41) is 35.7. The van der Waals surface area contributed by atoms with Crippen LogP contribution in [0.25, 0.3) is 52.6 Å². The van der Waals surface area contributed by atoms with Crippen LogP contribution in [0.1, 0.15) is 97.3 Å². The maximum Gasteiger partial charge on any atom is 0.494 e. The third-order valence-corrected chi connectivity index (χ3v) is 21.0. The first kappa shape index (κ1) is 67.9. The Hall–Kier alpha value is -6.50. The van der Waals surface area contributed by atoms with E-state index in [1.807, 2.05) is 64.1 Å². The third-order valence-electron chi connectivity index (χ3n) is 16.8. The van der Waals surface area contributed by atoms with E-state index in [2.05, 4.69) is 65.4 Å². The second-order valence-corrected chi connectivity index (χ2v) is 28.8. The molecule has 6 aromatic carbocycles. The van der Waals surface area contributed by atoms with E-state index in [9.17, 15) is 42.9 Å². The maximum absolute atomic E-state index is 13.9. The Morgan fingerprint density at radius 2 is 0.944 bits per heavy atom. The number of thiazole rings is 3. The number of carbonyl (C=O) groups is 3. The van der Waals surface area contributed by atoms with Gasteiger partial charge in [0.2, 0.25) is 0 Å². The van der Waals surface area contributed by atoms with Crippen LogP contribution in [-0.2, 0) is 9.31 Å². The number of phenolic OH excluding ortho intramolecular Hbond substituents is 3. The van der Waals surface area contributed by atoms with Crippen molar-refractivity contribution in [3.63, 3.8) is 0 Å². The number of aromatic nitrogens is 3. The first-order chi connectivity index (χ1) is 42.5. The predicted molar refractivity (Wildman–Crippen MR) is 359 cm³/mol. The van der Waals surface area contributed by atoms with E-state index in [1.165, 1.54) is 123 Å². The molecule has 3 aromatic heterocycles. The fourth-order valence-corrected chi connectivity index (χ4v) is 13.8. The lowest BCUT2D eigenvalue weighted by molar-refractivity contribution is 0.00578. The number of nitrogens with one attached hydrogen (secondary N) is 1. The normalized spacial score (nSPS) is 16.5. The summed E-state index contributed by atoms with van der Waals surface area (Å²) in [4.78, 5) is 49.6. The standard InChI is InChI=1S/C22H19FN2O2S.C16H9ClFNO2S.C13H16BFO4.C9H5BrClNS.C6H11N.ClH/c23-18-9-15(8-16(11-26)20(18)27)19-10-24-21(28-19)14-2-4-17(5-3-14)25-12-22(13-25)6-1-7-22;17-12-3-1-9(2-4-12)16-19-7-14(22-16)10-5-11(8-20)15(21)13(18)6-10;1-12(2)13(3,4)19-14(18-12)9-5-8(7-16)11(17)10(15)6-9;10-8-5-12-9(13-8)6-1-3-7(11)4-2-6;1-2-6(3-1)4-7-5-6;/h2-5,8-11,27H,1,6-7,12-13H2;1-8,21H;5-7,17H,1-4H3;1-5H;7H,1-5H2;1H. The Bertz CT molecular complexity index is 4000. The second kappa shape index (κ2) is 28.6. The van der Waals surface area contributed by atoms with Gasteiger partial charge >= 0.3 is 7.12 Å². The summed E-state index contributed by atoms with van der Waals surface area (Å²) >= 11 is 19.4. The summed E-state index contributed by atoms with van der Waals surface area (Å²) in [5.41, 5.74) is 5.71. The molecular weight excluding hydrogens is 1340 g/mol. The first-order valence-corrected chi connectivity index (χ1v) is 32.4. The van der Waals surface area contributed by atoms with E-state index in [0.29, 0.717) is 50.8 Å². The van der Waals surface area contributed by atoms with Gasteiger partial charge in [0.05, 0.1) is 47.6 Å². The van der Waals surface area contributed by atoms with Crippen LogP contribution in [0.5, 0.6) is 17.2 Å². The van der Waals surface area contributed by atoms with E-state index in [0.717, 1.165) is 56.9 Å². The lowest BCUT2D eigenvalue weighted by Crippen LogP contribution is -2.59. The number of hydrogen-bond acceptors (Lipinski definition) is 16. The van der Waals surface area contributed by atoms with Crippen molar-refractivity contribution in [2.45, 2.75) is 77.4 Å². The van der Waals surface area contributed by atoms with E-state index < -0.39 is 53.0 Å². The van der Waals surface area contributed by atoms with Crippen LogP contribution in [0, 0.1) is 28.3 Å². The summed E-state index contributed by atoms with van der Waals surface area (Å²) in [7, 11) is -0.765. The second-order valence-electron chi connectivity index (χ2n) is 23.4. The SMILES string of the molecule is C1CC2(C1)CNC2.CC1(C)OB(c2cc(F)c(O)c(C=O)c2)OC1(C)C.Cl.Clc1ccc(-c2ncc(Br)s2)cc1.O=Cc1cc(-c2cnc(-c3ccc(Cl)cc3)s2)cc(F)c1O.O=Cc1cc(-c2cnc(-c3ccc(N4CC5(CCC5)C4)cc3)s2)cc(F)c1O. The number of halogens is 7. The number of benzene rings is 6. The van der Waals surface area contributed by atoms with Crippen LogP contribution in [0.2, 0.25) is 10.0 Å². The van der Waals surface area contributed by atoms with E-state index in [4.69, 9.17) is 32.5 Å². The zero-order valence-electron chi connectivity index (χ0n) is 49.1. The maximum atomic E-state index is 13.9. The van der Waals surface area contributed by atoms with Gasteiger partial charge in [-0.2, -0.15) is 0 Å².